The number of nitrogens with one attached hydrogen (secondary N) is 1. The Kier molecular flexibility index (Phi) is 6.35. The van der Waals surface area contributed by atoms with Crippen LogP contribution in [0.2, 0.25) is 0 Å². The maximum absolute atomic E-state index is 12.7. The number of carbonyl (C=O) groups excluding carboxylic acids is 1. The highest BCUT2D eigenvalue weighted by Crippen LogP contribution is 2.22. The van der Waals surface area contributed by atoms with Gasteiger partial charge in [0, 0.05) is 18.7 Å². The summed E-state index contributed by atoms with van der Waals surface area (Å²) in [5, 5.41) is 19.9. The van der Waals surface area contributed by atoms with Crippen LogP contribution >= 0.6 is 0 Å². The molecule has 7 heteroatoms. The average molecular weight is 414 g/mol. The number of hydrogen-bond acceptors (Lipinski definition) is 6. The number of anilines is 1. The monoisotopic (exact) mass is 414 g/mol. The first-order chi connectivity index (χ1) is 15.2. The summed E-state index contributed by atoms with van der Waals surface area (Å²) in [4.78, 5) is 14.7. The number of hydrogen-bond donors (Lipinski definition) is 2. The molecular weight excluding hydrogens is 392 g/mol. The highest BCUT2D eigenvalue weighted by molar-refractivity contribution is 5.90. The SMILES string of the molecule is O=C(CN(Cc1ccccc1)Cc1ccccc1)Nc1nnc(-c2ccc(O)cc2)o1. The minimum Gasteiger partial charge on any atom is -0.508 e. The van der Waals surface area contributed by atoms with Crippen molar-refractivity contribution < 1.29 is 14.3 Å². The molecule has 0 saturated carbocycles. The van der Waals surface area contributed by atoms with Crippen molar-refractivity contribution in [3.8, 4) is 17.2 Å². The molecule has 0 fully saturated rings. The molecule has 1 heterocycles. The first kappa shape index (κ1) is 20.3. The van der Waals surface area contributed by atoms with Gasteiger partial charge in [0.15, 0.2) is 0 Å². The Hall–Kier alpha value is -3.97. The van der Waals surface area contributed by atoms with E-state index in [0.717, 1.165) is 11.1 Å². The number of phenolic OH excluding ortho intramolecular Hbond substituents is 1. The second-order valence-corrected chi connectivity index (χ2v) is 7.12. The van der Waals surface area contributed by atoms with E-state index in [-0.39, 0.29) is 30.1 Å². The Labute approximate surface area is 180 Å². The Bertz CT molecular complexity index is 1070. The third-order valence-electron chi connectivity index (χ3n) is 4.65. The lowest BCUT2D eigenvalue weighted by molar-refractivity contribution is -0.117. The van der Waals surface area contributed by atoms with Crippen LogP contribution in [0.3, 0.4) is 0 Å². The van der Waals surface area contributed by atoms with E-state index in [1.54, 1.807) is 12.1 Å². The quantitative estimate of drug-likeness (QED) is 0.451. The normalized spacial score (nSPS) is 10.9. The van der Waals surface area contributed by atoms with Gasteiger partial charge in [-0.15, -0.1) is 5.10 Å². The van der Waals surface area contributed by atoms with Crippen molar-refractivity contribution >= 4 is 11.9 Å². The number of amides is 1. The molecular formula is C24H22N4O3. The number of benzene rings is 3. The first-order valence-corrected chi connectivity index (χ1v) is 9.89. The number of aromatic nitrogens is 2. The average Bonchev–Trinajstić information content (AvgIpc) is 3.24. The van der Waals surface area contributed by atoms with Gasteiger partial charge >= 0.3 is 6.01 Å². The molecule has 7 nitrogen and oxygen atoms in total. The molecule has 0 unspecified atom stereocenters. The topological polar surface area (TPSA) is 91.5 Å². The summed E-state index contributed by atoms with van der Waals surface area (Å²) >= 11 is 0. The maximum Gasteiger partial charge on any atom is 0.322 e. The van der Waals surface area contributed by atoms with Crippen molar-refractivity contribution in [2.24, 2.45) is 0 Å². The van der Waals surface area contributed by atoms with Gasteiger partial charge in [-0.2, -0.15) is 0 Å². The zero-order valence-corrected chi connectivity index (χ0v) is 16.8. The van der Waals surface area contributed by atoms with E-state index in [1.165, 1.54) is 12.1 Å². The fourth-order valence-corrected chi connectivity index (χ4v) is 3.21. The van der Waals surface area contributed by atoms with Gasteiger partial charge in [0.25, 0.3) is 0 Å². The van der Waals surface area contributed by atoms with Crippen LogP contribution < -0.4 is 5.32 Å². The van der Waals surface area contributed by atoms with Crippen LogP contribution in [0.5, 0.6) is 5.75 Å². The van der Waals surface area contributed by atoms with Gasteiger partial charge in [-0.3, -0.25) is 15.0 Å². The third-order valence-corrected chi connectivity index (χ3v) is 4.65. The highest BCUT2D eigenvalue weighted by Gasteiger charge is 2.16. The number of carbonyl (C=O) groups is 1. The van der Waals surface area contributed by atoms with Crippen LogP contribution in [0.15, 0.2) is 89.3 Å². The smallest absolute Gasteiger partial charge is 0.322 e. The molecule has 0 spiro atoms. The van der Waals surface area contributed by atoms with E-state index >= 15 is 0 Å². The molecule has 0 bridgehead atoms. The number of phenols is 1. The summed E-state index contributed by atoms with van der Waals surface area (Å²) in [7, 11) is 0. The van der Waals surface area contributed by atoms with Crippen LogP contribution in [0.25, 0.3) is 11.5 Å². The summed E-state index contributed by atoms with van der Waals surface area (Å²) in [6, 6.07) is 26.5. The number of rotatable bonds is 8. The van der Waals surface area contributed by atoms with Gasteiger partial charge in [0.2, 0.25) is 11.8 Å². The van der Waals surface area contributed by atoms with Gasteiger partial charge in [-0.25, -0.2) is 0 Å². The largest absolute Gasteiger partial charge is 0.508 e. The summed E-state index contributed by atoms with van der Waals surface area (Å²) in [6.45, 7) is 1.43. The molecule has 0 radical (unpaired) electrons. The van der Waals surface area contributed by atoms with E-state index in [9.17, 15) is 9.90 Å². The highest BCUT2D eigenvalue weighted by atomic mass is 16.4. The van der Waals surface area contributed by atoms with Crippen molar-refractivity contribution in [2.45, 2.75) is 13.1 Å². The van der Waals surface area contributed by atoms with E-state index in [4.69, 9.17) is 4.42 Å². The molecule has 1 amide bonds. The molecule has 4 rings (SSSR count). The van der Waals surface area contributed by atoms with Gasteiger partial charge < -0.3 is 9.52 Å². The van der Waals surface area contributed by atoms with E-state index in [1.807, 2.05) is 60.7 Å². The lowest BCUT2D eigenvalue weighted by Crippen LogP contribution is -2.32. The first-order valence-electron chi connectivity index (χ1n) is 9.89. The minimum atomic E-state index is -0.243. The van der Waals surface area contributed by atoms with E-state index in [2.05, 4.69) is 20.4 Å². The summed E-state index contributed by atoms with van der Waals surface area (Å²) in [5.74, 6) is 0.169. The fourth-order valence-electron chi connectivity index (χ4n) is 3.21. The van der Waals surface area contributed by atoms with Crippen LogP contribution in [0, 0.1) is 0 Å². The van der Waals surface area contributed by atoms with Crippen LogP contribution in [-0.4, -0.2) is 32.7 Å². The van der Waals surface area contributed by atoms with Crippen molar-refractivity contribution in [3.63, 3.8) is 0 Å². The lowest BCUT2D eigenvalue weighted by atomic mass is 10.1. The molecule has 0 saturated heterocycles. The van der Waals surface area contributed by atoms with E-state index in [0.29, 0.717) is 18.7 Å². The Balaban J connectivity index is 1.42. The molecule has 156 valence electrons. The molecule has 31 heavy (non-hydrogen) atoms. The summed E-state index contributed by atoms with van der Waals surface area (Å²) < 4.78 is 5.54. The molecule has 0 atom stereocenters. The summed E-state index contributed by atoms with van der Waals surface area (Å²) in [5.41, 5.74) is 2.90. The summed E-state index contributed by atoms with van der Waals surface area (Å²) in [6.07, 6.45) is 0. The Morgan fingerprint density at radius 3 is 2.00 bits per heavy atom. The Morgan fingerprint density at radius 2 is 1.42 bits per heavy atom. The second-order valence-electron chi connectivity index (χ2n) is 7.12. The Morgan fingerprint density at radius 1 is 0.839 bits per heavy atom. The fraction of sp³-hybridized carbons (Fsp3) is 0.125. The third kappa shape index (κ3) is 5.77. The number of aromatic hydroxyl groups is 1. The lowest BCUT2D eigenvalue weighted by Gasteiger charge is -2.21. The van der Waals surface area contributed by atoms with Gasteiger partial charge in [0.1, 0.15) is 5.75 Å². The minimum absolute atomic E-state index is 0.0347. The molecule has 0 aliphatic carbocycles. The molecule has 3 aromatic carbocycles. The molecule has 1 aromatic heterocycles. The van der Waals surface area contributed by atoms with Crippen LogP contribution in [0.1, 0.15) is 11.1 Å². The standard InChI is InChI=1S/C24H22N4O3/c29-21-13-11-20(12-14-21)23-26-27-24(31-23)25-22(30)17-28(15-18-7-3-1-4-8-18)16-19-9-5-2-6-10-19/h1-14,29H,15-17H2,(H,25,27,30). The predicted molar refractivity (Wildman–Crippen MR) is 117 cm³/mol. The zero-order valence-electron chi connectivity index (χ0n) is 16.8. The second kappa shape index (κ2) is 9.69. The van der Waals surface area contributed by atoms with Gasteiger partial charge in [-0.1, -0.05) is 65.8 Å². The van der Waals surface area contributed by atoms with Gasteiger partial charge in [0.05, 0.1) is 6.54 Å². The maximum atomic E-state index is 12.7. The van der Waals surface area contributed by atoms with Crippen LogP contribution in [-0.2, 0) is 17.9 Å². The predicted octanol–water partition coefficient (Wildman–Crippen LogP) is 4.08. The number of nitrogens with zero attached hydrogens (tertiary/aromatic N) is 3. The molecule has 4 aromatic rings. The van der Waals surface area contributed by atoms with Crippen molar-refractivity contribution in [3.05, 3.63) is 96.1 Å². The molecule has 2 N–H and O–H groups in total. The van der Waals surface area contributed by atoms with Crippen molar-refractivity contribution in [1.82, 2.24) is 15.1 Å². The van der Waals surface area contributed by atoms with E-state index < -0.39 is 0 Å². The van der Waals surface area contributed by atoms with Crippen molar-refractivity contribution in [1.29, 1.82) is 0 Å². The molecule has 0 aliphatic heterocycles. The van der Waals surface area contributed by atoms with Gasteiger partial charge in [-0.05, 0) is 35.4 Å². The van der Waals surface area contributed by atoms with Crippen LogP contribution in [0.4, 0.5) is 6.01 Å². The molecule has 0 aliphatic rings. The zero-order chi connectivity index (χ0) is 21.5. The van der Waals surface area contributed by atoms with Crippen molar-refractivity contribution in [2.75, 3.05) is 11.9 Å².